The molecule has 1 aliphatic rings. The summed E-state index contributed by atoms with van der Waals surface area (Å²) in [5, 5.41) is 7.12. The van der Waals surface area contributed by atoms with Gasteiger partial charge in [0.2, 0.25) is 0 Å². The van der Waals surface area contributed by atoms with Crippen molar-refractivity contribution in [2.24, 2.45) is 11.3 Å². The topological polar surface area (TPSA) is 24.9 Å². The summed E-state index contributed by atoms with van der Waals surface area (Å²) < 4.78 is 0. The molecule has 2 rings (SSSR count). The monoisotopic (exact) mass is 266 g/mol. The van der Waals surface area contributed by atoms with Crippen molar-refractivity contribution < 1.29 is 0 Å². The molecule has 1 aromatic heterocycles. The number of hydrogen-bond acceptors (Lipinski definition) is 3. The molecule has 102 valence electrons. The molecule has 0 aromatic carbocycles. The van der Waals surface area contributed by atoms with Crippen LogP contribution in [0, 0.1) is 11.3 Å². The van der Waals surface area contributed by atoms with Gasteiger partial charge < -0.3 is 5.32 Å². The maximum absolute atomic E-state index is 4.91. The van der Waals surface area contributed by atoms with E-state index in [0.717, 1.165) is 0 Å². The molecule has 1 heterocycles. The summed E-state index contributed by atoms with van der Waals surface area (Å²) in [4.78, 5) is 4.91. The lowest BCUT2D eigenvalue weighted by atomic mass is 9.87. The molecule has 0 saturated heterocycles. The van der Waals surface area contributed by atoms with Crippen molar-refractivity contribution in [3.8, 4) is 0 Å². The molecule has 0 bridgehead atoms. The Kier molecular flexibility index (Phi) is 3.58. The number of hydrogen-bond donors (Lipinski definition) is 1. The van der Waals surface area contributed by atoms with Gasteiger partial charge in [-0.1, -0.05) is 34.6 Å². The van der Waals surface area contributed by atoms with Crippen molar-refractivity contribution >= 4 is 11.3 Å². The Labute approximate surface area is 115 Å². The van der Waals surface area contributed by atoms with Crippen LogP contribution in [-0.4, -0.2) is 12.0 Å². The molecule has 1 N–H and O–H groups in total. The number of rotatable bonds is 3. The van der Waals surface area contributed by atoms with Crippen LogP contribution in [0.3, 0.4) is 0 Å². The highest BCUT2D eigenvalue weighted by Crippen LogP contribution is 2.53. The standard InChI is InChI=1S/C15H26N2S/c1-10(2)12-8-18-13(17-12)15(16-6)9-14(4,5)7-11(15)3/h8,10-11,16H,7,9H2,1-6H3. The normalized spacial score (nSPS) is 31.2. The zero-order chi connectivity index (χ0) is 13.6. The molecule has 1 aromatic rings. The molecule has 0 spiro atoms. The second-order valence-electron chi connectivity index (χ2n) is 6.90. The third-order valence-corrected chi connectivity index (χ3v) is 5.44. The molecule has 2 nitrogen and oxygen atoms in total. The van der Waals surface area contributed by atoms with Gasteiger partial charge in [0.15, 0.2) is 0 Å². The molecule has 1 fully saturated rings. The SMILES string of the molecule is CNC1(c2nc(C(C)C)cs2)CC(C)(C)CC1C. The number of thiazole rings is 1. The summed E-state index contributed by atoms with van der Waals surface area (Å²) in [7, 11) is 2.09. The first-order valence-electron chi connectivity index (χ1n) is 6.95. The van der Waals surface area contributed by atoms with Crippen LogP contribution in [0.5, 0.6) is 0 Å². The lowest BCUT2D eigenvalue weighted by Gasteiger charge is -2.32. The van der Waals surface area contributed by atoms with Crippen LogP contribution in [0.1, 0.15) is 64.1 Å². The Bertz CT molecular complexity index is 422. The first-order chi connectivity index (χ1) is 8.31. The highest BCUT2D eigenvalue weighted by atomic mass is 32.1. The van der Waals surface area contributed by atoms with Gasteiger partial charge in [-0.15, -0.1) is 11.3 Å². The molecule has 0 radical (unpaired) electrons. The first kappa shape index (κ1) is 14.0. The van der Waals surface area contributed by atoms with Gasteiger partial charge >= 0.3 is 0 Å². The zero-order valence-corrected chi connectivity index (χ0v) is 13.3. The zero-order valence-electron chi connectivity index (χ0n) is 12.5. The smallest absolute Gasteiger partial charge is 0.113 e. The van der Waals surface area contributed by atoms with Gasteiger partial charge in [-0.3, -0.25) is 0 Å². The molecule has 1 saturated carbocycles. The quantitative estimate of drug-likeness (QED) is 0.889. The van der Waals surface area contributed by atoms with Gasteiger partial charge in [0.25, 0.3) is 0 Å². The largest absolute Gasteiger partial charge is 0.308 e. The Morgan fingerprint density at radius 2 is 2.11 bits per heavy atom. The van der Waals surface area contributed by atoms with E-state index in [-0.39, 0.29) is 5.54 Å². The van der Waals surface area contributed by atoms with E-state index in [1.54, 1.807) is 0 Å². The summed E-state index contributed by atoms with van der Waals surface area (Å²) in [6, 6.07) is 0. The van der Waals surface area contributed by atoms with Crippen LogP contribution in [0.25, 0.3) is 0 Å². The summed E-state index contributed by atoms with van der Waals surface area (Å²) in [5.74, 6) is 1.16. The van der Waals surface area contributed by atoms with Crippen LogP contribution in [0.2, 0.25) is 0 Å². The van der Waals surface area contributed by atoms with Gasteiger partial charge in [-0.05, 0) is 37.1 Å². The first-order valence-corrected chi connectivity index (χ1v) is 7.83. The Hall–Kier alpha value is -0.410. The second kappa shape index (κ2) is 4.61. The average molecular weight is 266 g/mol. The molecule has 1 aliphatic carbocycles. The molecule has 0 amide bonds. The number of nitrogens with one attached hydrogen (secondary N) is 1. The average Bonchev–Trinajstić information content (AvgIpc) is 2.81. The van der Waals surface area contributed by atoms with E-state index in [0.29, 0.717) is 17.3 Å². The Balaban J connectivity index is 2.38. The van der Waals surface area contributed by atoms with Crippen LogP contribution in [0.15, 0.2) is 5.38 Å². The second-order valence-corrected chi connectivity index (χ2v) is 7.76. The van der Waals surface area contributed by atoms with Gasteiger partial charge in [-0.2, -0.15) is 0 Å². The summed E-state index contributed by atoms with van der Waals surface area (Å²) in [6.07, 6.45) is 2.45. The third-order valence-electron chi connectivity index (χ3n) is 4.40. The minimum Gasteiger partial charge on any atom is -0.308 e. The maximum atomic E-state index is 4.91. The van der Waals surface area contributed by atoms with Crippen LogP contribution in [0.4, 0.5) is 0 Å². The molecule has 0 aliphatic heterocycles. The Morgan fingerprint density at radius 1 is 1.44 bits per heavy atom. The molecule has 18 heavy (non-hydrogen) atoms. The Morgan fingerprint density at radius 3 is 2.50 bits per heavy atom. The van der Waals surface area contributed by atoms with Gasteiger partial charge in [0, 0.05) is 5.38 Å². The predicted octanol–water partition coefficient (Wildman–Crippen LogP) is 4.14. The fourth-order valence-electron chi connectivity index (χ4n) is 3.49. The fourth-order valence-corrected chi connectivity index (χ4v) is 4.79. The maximum Gasteiger partial charge on any atom is 0.113 e. The van der Waals surface area contributed by atoms with E-state index in [4.69, 9.17) is 4.98 Å². The van der Waals surface area contributed by atoms with Gasteiger partial charge in [0.1, 0.15) is 5.01 Å². The van der Waals surface area contributed by atoms with Crippen molar-refractivity contribution in [1.82, 2.24) is 10.3 Å². The van der Waals surface area contributed by atoms with E-state index < -0.39 is 0 Å². The van der Waals surface area contributed by atoms with Crippen LogP contribution in [-0.2, 0) is 5.54 Å². The summed E-state index contributed by atoms with van der Waals surface area (Å²) in [6.45, 7) is 11.5. The molecular formula is C15H26N2S. The van der Waals surface area contributed by atoms with Crippen molar-refractivity contribution in [2.45, 2.75) is 58.9 Å². The lowest BCUT2D eigenvalue weighted by molar-refractivity contribution is 0.270. The highest BCUT2D eigenvalue weighted by molar-refractivity contribution is 7.09. The van der Waals surface area contributed by atoms with Crippen LogP contribution < -0.4 is 5.32 Å². The molecule has 3 heteroatoms. The van der Waals surface area contributed by atoms with E-state index in [1.807, 2.05) is 11.3 Å². The predicted molar refractivity (Wildman–Crippen MR) is 79.1 cm³/mol. The van der Waals surface area contributed by atoms with E-state index in [2.05, 4.69) is 52.4 Å². The number of nitrogens with zero attached hydrogens (tertiary/aromatic N) is 1. The van der Waals surface area contributed by atoms with E-state index >= 15 is 0 Å². The lowest BCUT2D eigenvalue weighted by Crippen LogP contribution is -2.42. The highest BCUT2D eigenvalue weighted by Gasteiger charge is 2.50. The minimum atomic E-state index is 0.0846. The van der Waals surface area contributed by atoms with Crippen molar-refractivity contribution in [3.63, 3.8) is 0 Å². The van der Waals surface area contributed by atoms with Crippen LogP contribution >= 0.6 is 11.3 Å². The third kappa shape index (κ3) is 2.23. The minimum absolute atomic E-state index is 0.0846. The van der Waals surface area contributed by atoms with Crippen molar-refractivity contribution in [2.75, 3.05) is 7.05 Å². The van der Waals surface area contributed by atoms with E-state index in [9.17, 15) is 0 Å². The molecular weight excluding hydrogens is 240 g/mol. The molecule has 2 unspecified atom stereocenters. The molecule has 2 atom stereocenters. The van der Waals surface area contributed by atoms with Crippen molar-refractivity contribution in [1.29, 1.82) is 0 Å². The summed E-state index contributed by atoms with van der Waals surface area (Å²) in [5.41, 5.74) is 1.73. The number of aromatic nitrogens is 1. The van der Waals surface area contributed by atoms with Crippen molar-refractivity contribution in [3.05, 3.63) is 16.1 Å². The van der Waals surface area contributed by atoms with E-state index in [1.165, 1.54) is 23.5 Å². The van der Waals surface area contributed by atoms with Gasteiger partial charge in [0.05, 0.1) is 11.2 Å². The summed E-state index contributed by atoms with van der Waals surface area (Å²) >= 11 is 1.83. The van der Waals surface area contributed by atoms with Gasteiger partial charge in [-0.25, -0.2) is 4.98 Å². The fraction of sp³-hybridized carbons (Fsp3) is 0.800.